The van der Waals surface area contributed by atoms with Crippen LogP contribution in [0.15, 0.2) is 23.2 Å². The predicted molar refractivity (Wildman–Crippen MR) is 114 cm³/mol. The van der Waals surface area contributed by atoms with Crippen LogP contribution in [0.4, 0.5) is 0 Å². The van der Waals surface area contributed by atoms with Gasteiger partial charge in [-0.05, 0) is 64.4 Å². The molecule has 0 aromatic heterocycles. The van der Waals surface area contributed by atoms with E-state index in [4.69, 9.17) is 4.74 Å². The first-order chi connectivity index (χ1) is 13.0. The van der Waals surface area contributed by atoms with Gasteiger partial charge in [-0.3, -0.25) is 4.99 Å². The van der Waals surface area contributed by atoms with Crippen molar-refractivity contribution in [2.24, 2.45) is 4.99 Å². The molecule has 0 fully saturated rings. The molecule has 6 heteroatoms. The smallest absolute Gasteiger partial charge is 0.191 e. The zero-order valence-corrected chi connectivity index (χ0v) is 17.7. The maximum Gasteiger partial charge on any atom is 0.191 e. The van der Waals surface area contributed by atoms with Gasteiger partial charge in [0.1, 0.15) is 0 Å². The Morgan fingerprint density at radius 2 is 2.00 bits per heavy atom. The number of ether oxygens (including phenoxy) is 1. The van der Waals surface area contributed by atoms with E-state index < -0.39 is 0 Å². The van der Waals surface area contributed by atoms with E-state index in [1.807, 2.05) is 12.1 Å². The number of nitrogens with zero attached hydrogens (tertiary/aromatic N) is 2. The zero-order chi connectivity index (χ0) is 20.1. The van der Waals surface area contributed by atoms with Gasteiger partial charge in [-0.15, -0.1) is 0 Å². The monoisotopic (exact) mass is 378 g/mol. The normalized spacial score (nSPS) is 12.9. The van der Waals surface area contributed by atoms with Crippen LogP contribution in [0, 0.1) is 0 Å². The number of aromatic hydroxyl groups is 1. The Morgan fingerprint density at radius 3 is 2.63 bits per heavy atom. The van der Waals surface area contributed by atoms with Gasteiger partial charge >= 0.3 is 0 Å². The second kappa shape index (κ2) is 13.3. The van der Waals surface area contributed by atoms with Crippen molar-refractivity contribution < 1.29 is 9.84 Å². The van der Waals surface area contributed by atoms with Crippen molar-refractivity contribution in [2.75, 3.05) is 39.8 Å². The third-order valence-electron chi connectivity index (χ3n) is 4.69. The Hall–Kier alpha value is -1.95. The number of guanidine groups is 1. The van der Waals surface area contributed by atoms with Gasteiger partial charge in [0.2, 0.25) is 0 Å². The summed E-state index contributed by atoms with van der Waals surface area (Å²) < 4.78 is 5.16. The molecule has 0 spiro atoms. The van der Waals surface area contributed by atoms with Crippen LogP contribution < -0.4 is 15.4 Å². The molecule has 0 aliphatic heterocycles. The fourth-order valence-corrected chi connectivity index (χ4v) is 3.01. The van der Waals surface area contributed by atoms with Gasteiger partial charge in [0, 0.05) is 19.1 Å². The fourth-order valence-electron chi connectivity index (χ4n) is 3.01. The molecule has 154 valence electrons. The van der Waals surface area contributed by atoms with Crippen molar-refractivity contribution in [2.45, 2.75) is 53.0 Å². The second-order valence-corrected chi connectivity index (χ2v) is 6.69. The number of para-hydroxylation sites is 1. The predicted octanol–water partition coefficient (Wildman–Crippen LogP) is 3.01. The van der Waals surface area contributed by atoms with Gasteiger partial charge in [0.25, 0.3) is 0 Å². The average molecular weight is 379 g/mol. The minimum atomic E-state index is 0.206. The number of rotatable bonds is 12. The molecule has 1 unspecified atom stereocenters. The van der Waals surface area contributed by atoms with Crippen molar-refractivity contribution in [3.05, 3.63) is 23.8 Å². The van der Waals surface area contributed by atoms with Crippen LogP contribution in [0.3, 0.4) is 0 Å². The van der Waals surface area contributed by atoms with E-state index >= 15 is 0 Å². The van der Waals surface area contributed by atoms with E-state index in [1.54, 1.807) is 13.2 Å². The van der Waals surface area contributed by atoms with Crippen molar-refractivity contribution in [3.8, 4) is 11.5 Å². The molecule has 1 rings (SSSR count). The van der Waals surface area contributed by atoms with Crippen LogP contribution in [0.5, 0.6) is 11.5 Å². The number of hydrogen-bond donors (Lipinski definition) is 3. The standard InChI is InChI=1S/C21H38N4O2/c1-6-22-21(24-17(4)11-10-16-25(7-2)8-3)23-15-14-18-12-9-13-19(27-5)20(18)26/h9,12-13,17,26H,6-8,10-11,14-16H2,1-5H3,(H2,22,23,24). The summed E-state index contributed by atoms with van der Waals surface area (Å²) >= 11 is 0. The largest absolute Gasteiger partial charge is 0.504 e. The summed E-state index contributed by atoms with van der Waals surface area (Å²) in [4.78, 5) is 7.10. The molecule has 0 radical (unpaired) electrons. The van der Waals surface area contributed by atoms with E-state index in [0.29, 0.717) is 24.8 Å². The fraction of sp³-hybridized carbons (Fsp3) is 0.667. The lowest BCUT2D eigenvalue weighted by atomic mass is 10.1. The molecule has 0 amide bonds. The van der Waals surface area contributed by atoms with Crippen LogP contribution in [0.2, 0.25) is 0 Å². The highest BCUT2D eigenvalue weighted by molar-refractivity contribution is 5.80. The van der Waals surface area contributed by atoms with Crippen molar-refractivity contribution in [1.82, 2.24) is 15.5 Å². The number of benzene rings is 1. The molecule has 0 bridgehead atoms. The van der Waals surface area contributed by atoms with Crippen molar-refractivity contribution in [3.63, 3.8) is 0 Å². The summed E-state index contributed by atoms with van der Waals surface area (Å²) in [5, 5.41) is 17.0. The van der Waals surface area contributed by atoms with Crippen LogP contribution in [-0.4, -0.2) is 61.8 Å². The Bertz CT molecular complexity index is 559. The van der Waals surface area contributed by atoms with Gasteiger partial charge in [-0.25, -0.2) is 0 Å². The average Bonchev–Trinajstić information content (AvgIpc) is 2.66. The lowest BCUT2D eigenvalue weighted by Gasteiger charge is -2.21. The molecule has 1 atom stereocenters. The number of methoxy groups -OCH3 is 1. The van der Waals surface area contributed by atoms with E-state index in [2.05, 4.69) is 48.2 Å². The molecule has 0 aliphatic rings. The summed E-state index contributed by atoms with van der Waals surface area (Å²) in [5.41, 5.74) is 0.848. The molecule has 27 heavy (non-hydrogen) atoms. The first-order valence-electron chi connectivity index (χ1n) is 10.2. The van der Waals surface area contributed by atoms with Crippen molar-refractivity contribution >= 4 is 5.96 Å². The zero-order valence-electron chi connectivity index (χ0n) is 17.7. The van der Waals surface area contributed by atoms with E-state index in [0.717, 1.165) is 44.1 Å². The summed E-state index contributed by atoms with van der Waals surface area (Å²) in [7, 11) is 1.56. The minimum absolute atomic E-state index is 0.206. The Morgan fingerprint density at radius 1 is 1.26 bits per heavy atom. The molecule has 1 aromatic carbocycles. The molecule has 0 aliphatic carbocycles. The molecular weight excluding hydrogens is 340 g/mol. The minimum Gasteiger partial charge on any atom is -0.504 e. The highest BCUT2D eigenvalue weighted by atomic mass is 16.5. The van der Waals surface area contributed by atoms with Gasteiger partial charge < -0.3 is 25.4 Å². The van der Waals surface area contributed by atoms with Crippen LogP contribution in [0.25, 0.3) is 0 Å². The summed E-state index contributed by atoms with van der Waals surface area (Å²) in [5.74, 6) is 1.54. The first kappa shape index (κ1) is 23.1. The van der Waals surface area contributed by atoms with E-state index in [9.17, 15) is 5.11 Å². The van der Waals surface area contributed by atoms with Crippen LogP contribution >= 0.6 is 0 Å². The maximum atomic E-state index is 10.2. The molecule has 6 nitrogen and oxygen atoms in total. The third-order valence-corrected chi connectivity index (χ3v) is 4.69. The number of nitrogens with one attached hydrogen (secondary N) is 2. The molecule has 0 saturated carbocycles. The number of phenols is 1. The summed E-state index contributed by atoms with van der Waals surface area (Å²) in [6, 6.07) is 5.92. The third kappa shape index (κ3) is 8.52. The highest BCUT2D eigenvalue weighted by Gasteiger charge is 2.08. The van der Waals surface area contributed by atoms with Crippen LogP contribution in [-0.2, 0) is 6.42 Å². The van der Waals surface area contributed by atoms with E-state index in [1.165, 1.54) is 6.42 Å². The second-order valence-electron chi connectivity index (χ2n) is 6.69. The maximum absolute atomic E-state index is 10.2. The molecule has 0 heterocycles. The van der Waals surface area contributed by atoms with Gasteiger partial charge in [-0.2, -0.15) is 0 Å². The highest BCUT2D eigenvalue weighted by Crippen LogP contribution is 2.29. The Labute approximate surface area is 165 Å². The summed E-state index contributed by atoms with van der Waals surface area (Å²) in [6.07, 6.45) is 2.94. The SMILES string of the molecule is CCNC(=NCCc1cccc(OC)c1O)NC(C)CCCN(CC)CC. The molecular formula is C21H38N4O2. The van der Waals surface area contributed by atoms with E-state index in [-0.39, 0.29) is 5.75 Å². The van der Waals surface area contributed by atoms with Gasteiger partial charge in [-0.1, -0.05) is 26.0 Å². The Balaban J connectivity index is 2.52. The topological polar surface area (TPSA) is 69.1 Å². The first-order valence-corrected chi connectivity index (χ1v) is 10.2. The molecule has 0 saturated heterocycles. The molecule has 3 N–H and O–H groups in total. The lowest BCUT2D eigenvalue weighted by molar-refractivity contribution is 0.292. The quantitative estimate of drug-likeness (QED) is 0.385. The Kier molecular flexibility index (Phi) is 11.3. The lowest BCUT2D eigenvalue weighted by Crippen LogP contribution is -2.42. The number of hydrogen-bond acceptors (Lipinski definition) is 4. The van der Waals surface area contributed by atoms with Gasteiger partial charge in [0.05, 0.1) is 7.11 Å². The number of aliphatic imine (C=N–C) groups is 1. The van der Waals surface area contributed by atoms with Crippen LogP contribution in [0.1, 0.15) is 46.1 Å². The molecule has 1 aromatic rings. The number of phenolic OH excluding ortho intramolecular Hbond substituents is 1. The van der Waals surface area contributed by atoms with Crippen molar-refractivity contribution in [1.29, 1.82) is 0 Å². The summed E-state index contributed by atoms with van der Waals surface area (Å²) in [6.45, 7) is 13.5. The van der Waals surface area contributed by atoms with Gasteiger partial charge in [0.15, 0.2) is 17.5 Å².